The predicted molar refractivity (Wildman–Crippen MR) is 152 cm³/mol. The average molecular weight is 524 g/mol. The van der Waals surface area contributed by atoms with Gasteiger partial charge in [0.25, 0.3) is 0 Å². The summed E-state index contributed by atoms with van der Waals surface area (Å²) >= 11 is 1.84. The fourth-order valence-corrected chi connectivity index (χ4v) is 6.62. The maximum atomic E-state index is 15.0. The first-order valence-corrected chi connectivity index (χ1v) is 14.0. The molecule has 0 spiro atoms. The van der Waals surface area contributed by atoms with Gasteiger partial charge in [-0.3, -0.25) is 9.69 Å². The van der Waals surface area contributed by atoms with Gasteiger partial charge >= 0.3 is 0 Å². The Balaban J connectivity index is 1.60. The molecule has 6 heteroatoms. The number of rotatable bonds is 6. The van der Waals surface area contributed by atoms with E-state index in [0.717, 1.165) is 28.2 Å². The second-order valence-corrected chi connectivity index (χ2v) is 10.9. The van der Waals surface area contributed by atoms with Crippen molar-refractivity contribution in [1.29, 1.82) is 5.26 Å². The van der Waals surface area contributed by atoms with Crippen LogP contribution in [0.15, 0.2) is 89.4 Å². The van der Waals surface area contributed by atoms with Gasteiger partial charge in [-0.05, 0) is 61.1 Å². The second-order valence-electron chi connectivity index (χ2n) is 9.88. The number of anilines is 1. The number of para-hydroxylation sites is 1. The van der Waals surface area contributed by atoms with Crippen LogP contribution >= 0.6 is 11.8 Å². The lowest BCUT2D eigenvalue weighted by molar-refractivity contribution is -0.116. The van der Waals surface area contributed by atoms with E-state index in [1.165, 1.54) is 17.2 Å². The number of carbonyl (C=O) groups excluding carboxylic acids is 1. The maximum absolute atomic E-state index is 15.0. The minimum Gasteiger partial charge on any atom is -0.384 e. The zero-order valence-electron chi connectivity index (χ0n) is 21.6. The summed E-state index contributed by atoms with van der Waals surface area (Å²) in [6.45, 7) is 4.11. The van der Waals surface area contributed by atoms with Crippen molar-refractivity contribution in [2.75, 3.05) is 4.90 Å². The van der Waals surface area contributed by atoms with Crippen LogP contribution in [0.25, 0.3) is 0 Å². The first-order chi connectivity index (χ1) is 18.4. The van der Waals surface area contributed by atoms with E-state index in [2.05, 4.69) is 37.3 Å². The van der Waals surface area contributed by atoms with E-state index in [4.69, 9.17) is 5.73 Å². The topological polar surface area (TPSA) is 70.1 Å². The van der Waals surface area contributed by atoms with Gasteiger partial charge in [0.1, 0.15) is 11.6 Å². The number of thioether (sulfide) groups is 1. The van der Waals surface area contributed by atoms with Crippen molar-refractivity contribution in [3.63, 3.8) is 0 Å². The molecule has 0 aromatic heterocycles. The third-order valence-corrected chi connectivity index (χ3v) is 8.44. The van der Waals surface area contributed by atoms with Crippen LogP contribution in [0.3, 0.4) is 0 Å². The lowest BCUT2D eigenvalue weighted by Crippen LogP contribution is -2.39. The summed E-state index contributed by atoms with van der Waals surface area (Å²) in [5.74, 6) is 0.888. The molecule has 3 aromatic rings. The molecule has 0 saturated carbocycles. The van der Waals surface area contributed by atoms with Crippen LogP contribution in [0.2, 0.25) is 0 Å². The summed E-state index contributed by atoms with van der Waals surface area (Å²) in [7, 11) is 0. The standard InChI is InChI=1S/C32H30FN3OS/c1-20-15-23(19-38-18-22-9-4-3-5-10-22)21(2)24(16-20)30-25(17-34)32(35)36(27-12-7-6-11-26(27)33)28-13-8-14-29(37)31(28)30/h3-7,9-12,15-16,30H,8,13-14,18-19,35H2,1-2H3. The number of nitrogens with two attached hydrogens (primary N) is 1. The summed E-state index contributed by atoms with van der Waals surface area (Å²) in [5.41, 5.74) is 14.0. The Morgan fingerprint density at radius 3 is 2.53 bits per heavy atom. The third kappa shape index (κ3) is 4.75. The molecular weight excluding hydrogens is 493 g/mol. The second kappa shape index (κ2) is 10.9. The molecule has 0 amide bonds. The summed E-state index contributed by atoms with van der Waals surface area (Å²) < 4.78 is 15.0. The van der Waals surface area contributed by atoms with Gasteiger partial charge in [0.15, 0.2) is 5.78 Å². The fourth-order valence-electron chi connectivity index (χ4n) is 5.57. The van der Waals surface area contributed by atoms with Gasteiger partial charge in [-0.2, -0.15) is 17.0 Å². The van der Waals surface area contributed by atoms with Crippen LogP contribution in [-0.2, 0) is 16.3 Å². The molecule has 0 fully saturated rings. The highest BCUT2D eigenvalue weighted by Crippen LogP contribution is 2.48. The molecule has 1 unspecified atom stereocenters. The van der Waals surface area contributed by atoms with Crippen molar-refractivity contribution >= 4 is 23.2 Å². The van der Waals surface area contributed by atoms with Gasteiger partial charge in [-0.15, -0.1) is 0 Å². The van der Waals surface area contributed by atoms with Crippen LogP contribution < -0.4 is 10.6 Å². The summed E-state index contributed by atoms with van der Waals surface area (Å²) in [6.07, 6.45) is 1.67. The van der Waals surface area contributed by atoms with Crippen molar-refractivity contribution in [3.8, 4) is 6.07 Å². The summed E-state index contributed by atoms with van der Waals surface area (Å²) in [4.78, 5) is 15.1. The number of ketones is 1. The number of allylic oxidation sites excluding steroid dienone is 3. The number of carbonyl (C=O) groups is 1. The van der Waals surface area contributed by atoms with Gasteiger partial charge < -0.3 is 5.73 Å². The van der Waals surface area contributed by atoms with Gasteiger partial charge in [0, 0.05) is 29.2 Å². The van der Waals surface area contributed by atoms with Gasteiger partial charge in [-0.1, -0.05) is 60.2 Å². The summed E-state index contributed by atoms with van der Waals surface area (Å²) in [6, 6.07) is 23.3. The lowest BCUT2D eigenvalue weighted by Gasteiger charge is -2.40. The highest BCUT2D eigenvalue weighted by molar-refractivity contribution is 7.97. The highest BCUT2D eigenvalue weighted by Gasteiger charge is 2.41. The molecule has 1 aliphatic heterocycles. The van der Waals surface area contributed by atoms with Crippen molar-refractivity contribution in [2.24, 2.45) is 5.73 Å². The normalized spacial score (nSPS) is 17.5. The number of aryl methyl sites for hydroxylation is 1. The molecule has 0 bridgehead atoms. The van der Waals surface area contributed by atoms with E-state index in [1.807, 2.05) is 36.9 Å². The molecule has 2 aliphatic rings. The monoisotopic (exact) mass is 523 g/mol. The van der Waals surface area contributed by atoms with E-state index in [-0.39, 0.29) is 17.3 Å². The molecule has 4 nitrogen and oxygen atoms in total. The van der Waals surface area contributed by atoms with Gasteiger partial charge in [0.2, 0.25) is 0 Å². The smallest absolute Gasteiger partial charge is 0.161 e. The third-order valence-electron chi connectivity index (χ3n) is 7.39. The van der Waals surface area contributed by atoms with Crippen molar-refractivity contribution in [3.05, 3.63) is 123 Å². The summed E-state index contributed by atoms with van der Waals surface area (Å²) in [5, 5.41) is 10.4. The molecule has 3 aromatic carbocycles. The van der Waals surface area contributed by atoms with Crippen molar-refractivity contribution in [2.45, 2.75) is 50.5 Å². The Morgan fingerprint density at radius 2 is 1.79 bits per heavy atom. The predicted octanol–water partition coefficient (Wildman–Crippen LogP) is 7.18. The molecule has 1 aliphatic carbocycles. The largest absolute Gasteiger partial charge is 0.384 e. The Bertz CT molecular complexity index is 1500. The Morgan fingerprint density at radius 1 is 1.05 bits per heavy atom. The quantitative estimate of drug-likeness (QED) is 0.371. The average Bonchev–Trinajstić information content (AvgIpc) is 2.91. The first-order valence-electron chi connectivity index (χ1n) is 12.8. The van der Waals surface area contributed by atoms with Crippen LogP contribution in [0.5, 0.6) is 0 Å². The number of halogens is 1. The molecular formula is C32H30FN3OS. The number of benzene rings is 3. The minimum absolute atomic E-state index is 0.00116. The van der Waals surface area contributed by atoms with Crippen molar-refractivity contribution in [1.82, 2.24) is 0 Å². The lowest BCUT2D eigenvalue weighted by atomic mass is 9.73. The molecule has 2 N–H and O–H groups in total. The first kappa shape index (κ1) is 25.8. The van der Waals surface area contributed by atoms with Gasteiger partial charge in [-0.25, -0.2) is 4.39 Å². The molecule has 192 valence electrons. The molecule has 0 radical (unpaired) electrons. The number of nitrogens with zero attached hydrogens (tertiary/aromatic N) is 2. The molecule has 5 rings (SSSR count). The maximum Gasteiger partial charge on any atom is 0.161 e. The molecule has 1 atom stereocenters. The van der Waals surface area contributed by atoms with Crippen LogP contribution in [0.4, 0.5) is 10.1 Å². The zero-order valence-corrected chi connectivity index (χ0v) is 22.4. The SMILES string of the molecule is Cc1cc(CSCc2ccccc2)c(C)c(C2C(C#N)=C(N)N(c3ccccc3F)C3=C2C(=O)CCC3)c1. The molecule has 1 heterocycles. The van der Waals surface area contributed by atoms with E-state index in [0.29, 0.717) is 36.1 Å². The number of Topliss-reactive ketones (excluding diaryl/α,β-unsaturated/α-hetero) is 1. The molecule has 38 heavy (non-hydrogen) atoms. The van der Waals surface area contributed by atoms with Crippen molar-refractivity contribution < 1.29 is 9.18 Å². The Hall–Kier alpha value is -3.82. The van der Waals surface area contributed by atoms with Crippen LogP contribution in [-0.4, -0.2) is 5.78 Å². The van der Waals surface area contributed by atoms with Gasteiger partial charge in [0.05, 0.1) is 23.2 Å². The highest BCUT2D eigenvalue weighted by atomic mass is 32.2. The number of hydrogen-bond donors (Lipinski definition) is 1. The van der Waals surface area contributed by atoms with E-state index in [9.17, 15) is 14.4 Å². The van der Waals surface area contributed by atoms with E-state index in [1.54, 1.807) is 23.1 Å². The van der Waals surface area contributed by atoms with Crippen LogP contribution in [0, 0.1) is 31.0 Å². The minimum atomic E-state index is -0.566. The number of nitriles is 1. The number of hydrogen-bond acceptors (Lipinski definition) is 5. The van der Waals surface area contributed by atoms with Crippen LogP contribution in [0.1, 0.15) is 53.0 Å². The zero-order chi connectivity index (χ0) is 26.8. The van der Waals surface area contributed by atoms with E-state index >= 15 is 0 Å². The Labute approximate surface area is 227 Å². The fraction of sp³-hybridized carbons (Fsp3) is 0.250. The van der Waals surface area contributed by atoms with E-state index < -0.39 is 11.7 Å². The Kier molecular flexibility index (Phi) is 7.40. The molecule has 0 saturated heterocycles.